The number of ether oxygens (including phenoxy) is 1. The van der Waals surface area contributed by atoms with Gasteiger partial charge in [-0.25, -0.2) is 0 Å². The van der Waals surface area contributed by atoms with Crippen LogP contribution in [0, 0.1) is 0 Å². The molecule has 1 unspecified atom stereocenters. The molecule has 0 aliphatic rings. The van der Waals surface area contributed by atoms with Crippen LogP contribution in [-0.2, 0) is 0 Å². The van der Waals surface area contributed by atoms with E-state index in [0.717, 1.165) is 0 Å². The van der Waals surface area contributed by atoms with Crippen molar-refractivity contribution in [3.05, 3.63) is 42.2 Å². The van der Waals surface area contributed by atoms with Crippen molar-refractivity contribution in [1.29, 1.82) is 0 Å². The molecule has 0 aliphatic carbocycles. The molecular formula is C13H13F3N2O2. The lowest BCUT2D eigenvalue weighted by Crippen LogP contribution is -2.19. The molecule has 7 heteroatoms. The van der Waals surface area contributed by atoms with Crippen LogP contribution in [0.15, 0.2) is 40.8 Å². The predicted molar refractivity (Wildman–Crippen MR) is 66.8 cm³/mol. The standard InChI is InChI=1S/C13H13F3N2O2/c14-13(15,16)20-11-4-2-1-3-8(11)10-5-6-12(19-10)9(18)7-17/h1-6,9H,7,17-18H2. The van der Waals surface area contributed by atoms with Crippen molar-refractivity contribution in [2.24, 2.45) is 11.5 Å². The van der Waals surface area contributed by atoms with Crippen molar-refractivity contribution in [3.63, 3.8) is 0 Å². The fraction of sp³-hybridized carbons (Fsp3) is 0.231. The van der Waals surface area contributed by atoms with Crippen molar-refractivity contribution in [1.82, 2.24) is 0 Å². The first-order valence-electron chi connectivity index (χ1n) is 5.81. The molecule has 0 fully saturated rings. The molecule has 0 amide bonds. The molecule has 4 N–H and O–H groups in total. The van der Waals surface area contributed by atoms with E-state index in [9.17, 15) is 13.2 Å². The minimum absolute atomic E-state index is 0.174. The third-order valence-electron chi connectivity index (χ3n) is 2.62. The number of halogens is 3. The molecular weight excluding hydrogens is 273 g/mol. The highest BCUT2D eigenvalue weighted by atomic mass is 19.4. The number of benzene rings is 1. The lowest BCUT2D eigenvalue weighted by molar-refractivity contribution is -0.274. The van der Waals surface area contributed by atoms with Crippen LogP contribution in [0.4, 0.5) is 13.2 Å². The van der Waals surface area contributed by atoms with E-state index in [1.54, 1.807) is 12.1 Å². The maximum absolute atomic E-state index is 12.3. The van der Waals surface area contributed by atoms with Crippen LogP contribution >= 0.6 is 0 Å². The van der Waals surface area contributed by atoms with Crippen LogP contribution in [-0.4, -0.2) is 12.9 Å². The second kappa shape index (κ2) is 5.56. The van der Waals surface area contributed by atoms with E-state index in [4.69, 9.17) is 15.9 Å². The highest BCUT2D eigenvalue weighted by Gasteiger charge is 2.32. The minimum Gasteiger partial charge on any atom is -0.459 e. The van der Waals surface area contributed by atoms with E-state index in [1.165, 1.54) is 24.3 Å². The normalized spacial score (nSPS) is 13.2. The molecule has 0 radical (unpaired) electrons. The monoisotopic (exact) mass is 286 g/mol. The van der Waals surface area contributed by atoms with Gasteiger partial charge in [0, 0.05) is 6.54 Å². The molecule has 1 atom stereocenters. The van der Waals surface area contributed by atoms with E-state index in [2.05, 4.69) is 4.74 Å². The maximum Gasteiger partial charge on any atom is 0.573 e. The Kier molecular flexibility index (Phi) is 4.01. The van der Waals surface area contributed by atoms with Gasteiger partial charge in [-0.1, -0.05) is 12.1 Å². The van der Waals surface area contributed by atoms with Crippen molar-refractivity contribution in [3.8, 4) is 17.1 Å². The summed E-state index contributed by atoms with van der Waals surface area (Å²) in [5.74, 6) is 0.315. The number of alkyl halides is 3. The summed E-state index contributed by atoms with van der Waals surface area (Å²) >= 11 is 0. The number of rotatable bonds is 4. The van der Waals surface area contributed by atoms with Crippen LogP contribution in [0.3, 0.4) is 0 Å². The Morgan fingerprint density at radius 3 is 2.50 bits per heavy atom. The van der Waals surface area contributed by atoms with Gasteiger partial charge in [0.2, 0.25) is 0 Å². The first kappa shape index (κ1) is 14.4. The zero-order valence-corrected chi connectivity index (χ0v) is 10.4. The van der Waals surface area contributed by atoms with Gasteiger partial charge in [0.05, 0.1) is 11.6 Å². The molecule has 108 valence electrons. The highest BCUT2D eigenvalue weighted by molar-refractivity contribution is 5.66. The summed E-state index contributed by atoms with van der Waals surface area (Å²) in [7, 11) is 0. The largest absolute Gasteiger partial charge is 0.573 e. The number of para-hydroxylation sites is 1. The van der Waals surface area contributed by atoms with Crippen molar-refractivity contribution in [2.45, 2.75) is 12.4 Å². The minimum atomic E-state index is -4.76. The Balaban J connectivity index is 2.35. The smallest absolute Gasteiger partial charge is 0.459 e. The number of hydrogen-bond donors (Lipinski definition) is 2. The molecule has 2 aromatic rings. The number of furan rings is 1. The molecule has 2 rings (SSSR count). The average Bonchev–Trinajstić information content (AvgIpc) is 2.86. The summed E-state index contributed by atoms with van der Waals surface area (Å²) in [6.07, 6.45) is -4.76. The summed E-state index contributed by atoms with van der Waals surface area (Å²) in [6, 6.07) is 8.33. The summed E-state index contributed by atoms with van der Waals surface area (Å²) in [6.45, 7) is 0.174. The van der Waals surface area contributed by atoms with E-state index in [-0.39, 0.29) is 23.6 Å². The zero-order valence-electron chi connectivity index (χ0n) is 10.4. The second-order valence-electron chi connectivity index (χ2n) is 4.09. The van der Waals surface area contributed by atoms with Crippen LogP contribution in [0.2, 0.25) is 0 Å². The van der Waals surface area contributed by atoms with Crippen LogP contribution in [0.25, 0.3) is 11.3 Å². The molecule has 0 saturated heterocycles. The van der Waals surface area contributed by atoms with Gasteiger partial charge in [-0.2, -0.15) is 0 Å². The maximum atomic E-state index is 12.3. The topological polar surface area (TPSA) is 74.4 Å². The molecule has 20 heavy (non-hydrogen) atoms. The lowest BCUT2D eigenvalue weighted by Gasteiger charge is -2.12. The Labute approximate surface area is 113 Å². The van der Waals surface area contributed by atoms with Gasteiger partial charge in [0.15, 0.2) is 0 Å². The quantitative estimate of drug-likeness (QED) is 0.906. The van der Waals surface area contributed by atoms with Gasteiger partial charge in [0.1, 0.15) is 17.3 Å². The second-order valence-corrected chi connectivity index (χ2v) is 4.09. The van der Waals surface area contributed by atoms with Crippen molar-refractivity contribution >= 4 is 0 Å². The van der Waals surface area contributed by atoms with Gasteiger partial charge in [-0.05, 0) is 24.3 Å². The third kappa shape index (κ3) is 3.31. The predicted octanol–water partition coefficient (Wildman–Crippen LogP) is 2.80. The lowest BCUT2D eigenvalue weighted by atomic mass is 10.1. The molecule has 0 spiro atoms. The van der Waals surface area contributed by atoms with E-state index in [1.807, 2.05) is 0 Å². The van der Waals surface area contributed by atoms with Gasteiger partial charge in [-0.15, -0.1) is 13.2 Å². The van der Waals surface area contributed by atoms with Gasteiger partial charge in [0.25, 0.3) is 0 Å². The summed E-state index contributed by atoms with van der Waals surface area (Å²) in [4.78, 5) is 0. The number of hydrogen-bond acceptors (Lipinski definition) is 4. The first-order valence-corrected chi connectivity index (χ1v) is 5.81. The molecule has 0 bridgehead atoms. The van der Waals surface area contributed by atoms with Gasteiger partial charge in [-0.3, -0.25) is 0 Å². The zero-order chi connectivity index (χ0) is 14.8. The fourth-order valence-corrected chi connectivity index (χ4v) is 1.70. The van der Waals surface area contributed by atoms with Crippen LogP contribution < -0.4 is 16.2 Å². The van der Waals surface area contributed by atoms with Gasteiger partial charge >= 0.3 is 6.36 Å². The fourth-order valence-electron chi connectivity index (χ4n) is 1.70. The Morgan fingerprint density at radius 1 is 1.15 bits per heavy atom. The summed E-state index contributed by atoms with van der Waals surface area (Å²) in [5.41, 5.74) is 11.3. The Hall–Kier alpha value is -1.99. The average molecular weight is 286 g/mol. The van der Waals surface area contributed by atoms with Gasteiger partial charge < -0.3 is 20.6 Å². The highest BCUT2D eigenvalue weighted by Crippen LogP contribution is 2.35. The van der Waals surface area contributed by atoms with Crippen LogP contribution in [0.5, 0.6) is 5.75 Å². The molecule has 1 heterocycles. The first-order chi connectivity index (χ1) is 9.40. The molecule has 0 saturated carbocycles. The Bertz CT molecular complexity index is 581. The molecule has 1 aromatic heterocycles. The molecule has 0 aliphatic heterocycles. The van der Waals surface area contributed by atoms with E-state index in [0.29, 0.717) is 5.76 Å². The van der Waals surface area contributed by atoms with E-state index < -0.39 is 12.4 Å². The van der Waals surface area contributed by atoms with Crippen molar-refractivity contribution in [2.75, 3.05) is 6.54 Å². The van der Waals surface area contributed by atoms with E-state index >= 15 is 0 Å². The van der Waals surface area contributed by atoms with Crippen molar-refractivity contribution < 1.29 is 22.3 Å². The number of nitrogens with two attached hydrogens (primary N) is 2. The summed E-state index contributed by atoms with van der Waals surface area (Å²) < 4.78 is 46.4. The Morgan fingerprint density at radius 2 is 1.85 bits per heavy atom. The molecule has 1 aromatic carbocycles. The molecule has 4 nitrogen and oxygen atoms in total. The summed E-state index contributed by atoms with van der Waals surface area (Å²) in [5, 5.41) is 0. The van der Waals surface area contributed by atoms with Crippen LogP contribution in [0.1, 0.15) is 11.8 Å². The SMILES string of the molecule is NCC(N)c1ccc(-c2ccccc2OC(F)(F)F)o1. The third-order valence-corrected chi connectivity index (χ3v) is 2.62.